The fourth-order valence-corrected chi connectivity index (χ4v) is 2.31. The van der Waals surface area contributed by atoms with Gasteiger partial charge < -0.3 is 0 Å². The molecule has 0 aromatic heterocycles. The average Bonchev–Trinajstić information content (AvgIpc) is 2.30. The van der Waals surface area contributed by atoms with Crippen LogP contribution in [-0.2, 0) is 10.1 Å². The predicted molar refractivity (Wildman–Crippen MR) is 67.6 cm³/mol. The largest absolute Gasteiger partial charge is 0.292 e. The van der Waals surface area contributed by atoms with Crippen LogP contribution in [0.5, 0.6) is 0 Å². The van der Waals surface area contributed by atoms with E-state index in [4.69, 9.17) is 16.2 Å². The van der Waals surface area contributed by atoms with Crippen molar-refractivity contribution in [1.82, 2.24) is 0 Å². The Kier molecular flexibility index (Phi) is 3.12. The minimum Gasteiger partial charge on any atom is -0.284 e. The van der Waals surface area contributed by atoms with Crippen LogP contribution in [0.15, 0.2) is 54.6 Å². The summed E-state index contributed by atoms with van der Waals surface area (Å²) in [5, 5.41) is 0. The lowest BCUT2D eigenvalue weighted by Crippen LogP contribution is -2.29. The van der Waals surface area contributed by atoms with Gasteiger partial charge in [-0.2, -0.15) is 8.42 Å². The number of hydrogen-bond acceptors (Lipinski definition) is 2. The highest BCUT2D eigenvalue weighted by Crippen LogP contribution is 2.33. The molecule has 2 rings (SSSR count). The van der Waals surface area contributed by atoms with Gasteiger partial charge in [0.05, 0.1) is 0 Å². The highest BCUT2D eigenvalue weighted by atomic mass is 35.5. The van der Waals surface area contributed by atoms with E-state index in [-0.39, 0.29) is 5.92 Å². The summed E-state index contributed by atoms with van der Waals surface area (Å²) >= 11 is 5.79. The smallest absolute Gasteiger partial charge is 0.284 e. The third kappa shape index (κ3) is 2.44. The molecule has 90 valence electrons. The Morgan fingerprint density at radius 2 is 1.65 bits per heavy atom. The summed E-state index contributed by atoms with van der Waals surface area (Å²) in [6.45, 7) is 0. The SMILES string of the molecule is O=S(=O)(O)C1(Cl)C=CC(c2ccccc2)C=C1. The fourth-order valence-electron chi connectivity index (χ4n) is 1.66. The highest BCUT2D eigenvalue weighted by Gasteiger charge is 2.37. The van der Waals surface area contributed by atoms with Crippen molar-refractivity contribution >= 4 is 21.7 Å². The summed E-state index contributed by atoms with van der Waals surface area (Å²) in [5.74, 6) is -0.0233. The van der Waals surface area contributed by atoms with Gasteiger partial charge in [0.25, 0.3) is 10.1 Å². The Morgan fingerprint density at radius 1 is 1.12 bits per heavy atom. The molecule has 0 unspecified atom stereocenters. The number of allylic oxidation sites excluding steroid dienone is 2. The van der Waals surface area contributed by atoms with Crippen LogP contribution in [0.1, 0.15) is 11.5 Å². The fraction of sp³-hybridized carbons (Fsp3) is 0.167. The minimum atomic E-state index is -4.34. The molecule has 1 aliphatic carbocycles. The molecule has 1 aromatic rings. The number of benzene rings is 1. The molecule has 0 fully saturated rings. The average molecular weight is 271 g/mol. The van der Waals surface area contributed by atoms with E-state index < -0.39 is 14.3 Å². The molecule has 1 aromatic carbocycles. The van der Waals surface area contributed by atoms with E-state index in [0.29, 0.717) is 0 Å². The van der Waals surface area contributed by atoms with Crippen LogP contribution in [0.2, 0.25) is 0 Å². The van der Waals surface area contributed by atoms with Crippen LogP contribution < -0.4 is 0 Å². The van der Waals surface area contributed by atoms with E-state index in [1.807, 2.05) is 30.3 Å². The molecule has 0 atom stereocenters. The molecule has 0 spiro atoms. The van der Waals surface area contributed by atoms with E-state index >= 15 is 0 Å². The van der Waals surface area contributed by atoms with E-state index in [9.17, 15) is 8.42 Å². The number of rotatable bonds is 2. The van der Waals surface area contributed by atoms with E-state index in [1.165, 1.54) is 12.2 Å². The zero-order chi connectivity index (χ0) is 12.5. The van der Waals surface area contributed by atoms with E-state index in [1.54, 1.807) is 12.2 Å². The van der Waals surface area contributed by atoms with Crippen molar-refractivity contribution in [2.24, 2.45) is 0 Å². The normalized spacial score (nSPS) is 28.2. The molecule has 1 aliphatic rings. The van der Waals surface area contributed by atoms with Crippen LogP contribution >= 0.6 is 11.6 Å². The quantitative estimate of drug-likeness (QED) is 0.511. The molecule has 3 nitrogen and oxygen atoms in total. The van der Waals surface area contributed by atoms with Gasteiger partial charge in [-0.15, -0.1) is 0 Å². The Hall–Kier alpha value is -1.10. The molecule has 17 heavy (non-hydrogen) atoms. The Morgan fingerprint density at radius 3 is 2.12 bits per heavy atom. The monoisotopic (exact) mass is 270 g/mol. The third-order valence-corrected chi connectivity index (χ3v) is 4.54. The van der Waals surface area contributed by atoms with Crippen molar-refractivity contribution in [3.63, 3.8) is 0 Å². The van der Waals surface area contributed by atoms with E-state index in [0.717, 1.165) is 5.56 Å². The first-order valence-corrected chi connectivity index (χ1v) is 6.84. The number of alkyl halides is 1. The summed E-state index contributed by atoms with van der Waals surface area (Å²) in [7, 11) is -4.34. The highest BCUT2D eigenvalue weighted by molar-refractivity contribution is 7.89. The molecule has 0 heterocycles. The summed E-state index contributed by atoms with van der Waals surface area (Å²) in [4.78, 5) is 0. The zero-order valence-corrected chi connectivity index (χ0v) is 10.4. The van der Waals surface area contributed by atoms with Crippen molar-refractivity contribution < 1.29 is 13.0 Å². The van der Waals surface area contributed by atoms with Crippen LogP contribution in [0.3, 0.4) is 0 Å². The van der Waals surface area contributed by atoms with Gasteiger partial charge in [0.15, 0.2) is 0 Å². The lowest BCUT2D eigenvalue weighted by Gasteiger charge is -2.21. The summed E-state index contributed by atoms with van der Waals surface area (Å²) in [6.07, 6.45) is 5.91. The molecular formula is C12H11ClO3S. The Balaban J connectivity index is 2.28. The Bertz CT molecular complexity index is 547. The van der Waals surface area contributed by atoms with Gasteiger partial charge >= 0.3 is 0 Å². The molecule has 0 saturated carbocycles. The standard InChI is InChI=1S/C12H11ClO3S/c13-12(17(14,15)16)8-6-11(7-9-12)10-4-2-1-3-5-10/h1-9,11H,(H,14,15,16). The van der Waals surface area contributed by atoms with Gasteiger partial charge in [0, 0.05) is 5.92 Å². The van der Waals surface area contributed by atoms with Crippen molar-refractivity contribution in [3.8, 4) is 0 Å². The number of hydrogen-bond donors (Lipinski definition) is 1. The molecule has 0 saturated heterocycles. The van der Waals surface area contributed by atoms with Crippen molar-refractivity contribution in [1.29, 1.82) is 0 Å². The van der Waals surface area contributed by atoms with Gasteiger partial charge in [-0.05, 0) is 17.7 Å². The predicted octanol–water partition coefficient (Wildman–Crippen LogP) is 2.72. The number of halogens is 1. The third-order valence-electron chi connectivity index (χ3n) is 2.64. The maximum atomic E-state index is 11.1. The van der Waals surface area contributed by atoms with Crippen molar-refractivity contribution in [3.05, 3.63) is 60.2 Å². The van der Waals surface area contributed by atoms with Crippen molar-refractivity contribution in [2.75, 3.05) is 0 Å². The van der Waals surface area contributed by atoms with Crippen LogP contribution in [0.25, 0.3) is 0 Å². The van der Waals surface area contributed by atoms with Crippen LogP contribution in [0, 0.1) is 0 Å². The second kappa shape index (κ2) is 4.29. The van der Waals surface area contributed by atoms with E-state index in [2.05, 4.69) is 0 Å². The first-order chi connectivity index (χ1) is 7.92. The van der Waals surface area contributed by atoms with Gasteiger partial charge in [0.2, 0.25) is 4.21 Å². The summed E-state index contributed by atoms with van der Waals surface area (Å²) < 4.78 is 29.3. The van der Waals surface area contributed by atoms with Gasteiger partial charge in [-0.3, -0.25) is 4.55 Å². The lowest BCUT2D eigenvalue weighted by molar-refractivity contribution is 0.476. The molecule has 0 aliphatic heterocycles. The molecule has 0 amide bonds. The van der Waals surface area contributed by atoms with Crippen molar-refractivity contribution in [2.45, 2.75) is 10.1 Å². The summed E-state index contributed by atoms with van der Waals surface area (Å²) in [6, 6.07) is 9.59. The minimum absolute atomic E-state index is 0.0233. The molecule has 0 radical (unpaired) electrons. The van der Waals surface area contributed by atoms with Gasteiger partial charge in [-0.25, -0.2) is 0 Å². The second-order valence-electron chi connectivity index (χ2n) is 3.83. The molecule has 0 bridgehead atoms. The van der Waals surface area contributed by atoms with Gasteiger partial charge in [-0.1, -0.05) is 54.1 Å². The van der Waals surface area contributed by atoms with Gasteiger partial charge in [0.1, 0.15) is 0 Å². The topological polar surface area (TPSA) is 54.4 Å². The zero-order valence-electron chi connectivity index (χ0n) is 8.82. The first kappa shape index (κ1) is 12.4. The molecular weight excluding hydrogens is 260 g/mol. The van der Waals surface area contributed by atoms with Crippen LogP contribution in [0.4, 0.5) is 0 Å². The molecule has 1 N–H and O–H groups in total. The molecule has 5 heteroatoms. The lowest BCUT2D eigenvalue weighted by atomic mass is 9.95. The maximum absolute atomic E-state index is 11.1. The first-order valence-electron chi connectivity index (χ1n) is 5.02. The van der Waals surface area contributed by atoms with Crippen LogP contribution in [-0.4, -0.2) is 17.2 Å². The maximum Gasteiger partial charge on any atom is 0.292 e. The second-order valence-corrected chi connectivity index (χ2v) is 6.30. The summed E-state index contributed by atoms with van der Waals surface area (Å²) in [5.41, 5.74) is 1.04. The Labute approximate surface area is 105 Å².